The van der Waals surface area contributed by atoms with Crippen LogP contribution in [-0.4, -0.2) is 35.5 Å². The van der Waals surface area contributed by atoms with Gasteiger partial charge >= 0.3 is 0 Å². The van der Waals surface area contributed by atoms with Gasteiger partial charge in [-0.25, -0.2) is 9.97 Å². The SMILES string of the molecule is CCc1cnc(C)nc1NC(CN(C)C)c1ccccc1. The van der Waals surface area contributed by atoms with Crippen LogP contribution in [0.3, 0.4) is 0 Å². The van der Waals surface area contributed by atoms with Crippen LogP contribution >= 0.6 is 0 Å². The van der Waals surface area contributed by atoms with Gasteiger partial charge in [-0.05, 0) is 33.0 Å². The summed E-state index contributed by atoms with van der Waals surface area (Å²) in [5.74, 6) is 1.74. The summed E-state index contributed by atoms with van der Waals surface area (Å²) >= 11 is 0. The van der Waals surface area contributed by atoms with Crippen molar-refractivity contribution in [3.63, 3.8) is 0 Å². The zero-order valence-electron chi connectivity index (χ0n) is 13.3. The van der Waals surface area contributed by atoms with Crippen LogP contribution in [0.1, 0.15) is 29.9 Å². The fraction of sp³-hybridized carbons (Fsp3) is 0.412. The molecule has 1 N–H and O–H groups in total. The summed E-state index contributed by atoms with van der Waals surface area (Å²) in [6.45, 7) is 4.97. The van der Waals surface area contributed by atoms with Crippen LogP contribution in [0.2, 0.25) is 0 Å². The maximum atomic E-state index is 4.58. The maximum absolute atomic E-state index is 4.58. The fourth-order valence-electron chi connectivity index (χ4n) is 2.33. The summed E-state index contributed by atoms with van der Waals surface area (Å²) in [6, 6.07) is 10.7. The Balaban J connectivity index is 2.29. The Kier molecular flexibility index (Phi) is 5.28. The molecule has 0 aliphatic rings. The molecule has 0 radical (unpaired) electrons. The molecule has 0 fully saturated rings. The number of likely N-dealkylation sites (N-methyl/N-ethyl adjacent to an activating group) is 1. The summed E-state index contributed by atoms with van der Waals surface area (Å²) < 4.78 is 0. The van der Waals surface area contributed by atoms with Gasteiger partial charge in [0.05, 0.1) is 6.04 Å². The summed E-state index contributed by atoms with van der Waals surface area (Å²) in [4.78, 5) is 11.1. The van der Waals surface area contributed by atoms with E-state index in [2.05, 4.69) is 65.5 Å². The quantitative estimate of drug-likeness (QED) is 0.885. The summed E-state index contributed by atoms with van der Waals surface area (Å²) in [6.07, 6.45) is 2.84. The second-order valence-corrected chi connectivity index (χ2v) is 5.51. The number of nitrogens with one attached hydrogen (secondary N) is 1. The van der Waals surface area contributed by atoms with Crippen molar-refractivity contribution in [1.29, 1.82) is 0 Å². The Bertz CT molecular complexity index is 566. The molecule has 1 aromatic carbocycles. The highest BCUT2D eigenvalue weighted by Gasteiger charge is 2.15. The first-order valence-electron chi connectivity index (χ1n) is 7.39. The van der Waals surface area contributed by atoms with Gasteiger partial charge in [0.25, 0.3) is 0 Å². The molecule has 0 saturated carbocycles. The Labute approximate surface area is 127 Å². The zero-order valence-corrected chi connectivity index (χ0v) is 13.3. The van der Waals surface area contributed by atoms with Crippen LogP contribution in [0.5, 0.6) is 0 Å². The monoisotopic (exact) mass is 284 g/mol. The van der Waals surface area contributed by atoms with Crippen LogP contribution in [0.25, 0.3) is 0 Å². The molecule has 2 aromatic rings. The number of anilines is 1. The van der Waals surface area contributed by atoms with Crippen molar-refractivity contribution in [3.05, 3.63) is 53.5 Å². The highest BCUT2D eigenvalue weighted by atomic mass is 15.1. The van der Waals surface area contributed by atoms with Crippen molar-refractivity contribution < 1.29 is 0 Å². The first-order chi connectivity index (χ1) is 10.1. The van der Waals surface area contributed by atoms with E-state index in [0.29, 0.717) is 0 Å². The summed E-state index contributed by atoms with van der Waals surface area (Å²) in [5, 5.41) is 3.59. The standard InChI is InChI=1S/C17H24N4/c1-5-14-11-18-13(2)19-17(14)20-16(12-21(3)4)15-9-7-6-8-10-15/h6-11,16H,5,12H2,1-4H3,(H,18,19,20). The van der Waals surface area contributed by atoms with Gasteiger partial charge in [-0.1, -0.05) is 37.3 Å². The second-order valence-electron chi connectivity index (χ2n) is 5.51. The van der Waals surface area contributed by atoms with E-state index < -0.39 is 0 Å². The predicted octanol–water partition coefficient (Wildman–Crippen LogP) is 3.06. The Morgan fingerprint density at radius 1 is 1.19 bits per heavy atom. The van der Waals surface area contributed by atoms with Crippen LogP contribution < -0.4 is 5.32 Å². The van der Waals surface area contributed by atoms with E-state index in [9.17, 15) is 0 Å². The molecule has 0 aliphatic carbocycles. The molecule has 0 spiro atoms. The lowest BCUT2D eigenvalue weighted by Gasteiger charge is -2.24. The van der Waals surface area contributed by atoms with Gasteiger partial charge in [-0.3, -0.25) is 0 Å². The number of rotatable bonds is 6. The molecule has 1 aromatic heterocycles. The van der Waals surface area contributed by atoms with Gasteiger partial charge in [0.2, 0.25) is 0 Å². The second kappa shape index (κ2) is 7.18. The van der Waals surface area contributed by atoms with Crippen molar-refractivity contribution in [1.82, 2.24) is 14.9 Å². The first-order valence-corrected chi connectivity index (χ1v) is 7.39. The molecule has 4 heteroatoms. The van der Waals surface area contributed by atoms with Gasteiger partial charge in [0.15, 0.2) is 0 Å². The van der Waals surface area contributed by atoms with E-state index in [-0.39, 0.29) is 6.04 Å². The van der Waals surface area contributed by atoms with Crippen molar-refractivity contribution in [3.8, 4) is 0 Å². The third kappa shape index (κ3) is 4.26. The van der Waals surface area contributed by atoms with E-state index in [0.717, 1.165) is 30.2 Å². The average molecular weight is 284 g/mol. The molecule has 0 saturated heterocycles. The van der Waals surface area contributed by atoms with Crippen LogP contribution in [-0.2, 0) is 6.42 Å². The van der Waals surface area contributed by atoms with Crippen LogP contribution in [0.15, 0.2) is 36.5 Å². The van der Waals surface area contributed by atoms with E-state index in [4.69, 9.17) is 0 Å². The molecule has 2 rings (SSSR count). The average Bonchev–Trinajstić information content (AvgIpc) is 2.47. The molecule has 112 valence electrons. The Morgan fingerprint density at radius 2 is 1.90 bits per heavy atom. The minimum absolute atomic E-state index is 0.209. The van der Waals surface area contributed by atoms with Gasteiger partial charge in [-0.2, -0.15) is 0 Å². The van der Waals surface area contributed by atoms with E-state index in [1.807, 2.05) is 19.2 Å². The number of nitrogens with zero attached hydrogens (tertiary/aromatic N) is 3. The lowest BCUT2D eigenvalue weighted by Crippen LogP contribution is -2.26. The molecule has 0 aliphatic heterocycles. The molecular formula is C17H24N4. The van der Waals surface area contributed by atoms with Gasteiger partial charge in [0.1, 0.15) is 11.6 Å². The third-order valence-electron chi connectivity index (χ3n) is 3.43. The number of aryl methyl sites for hydroxylation is 2. The zero-order chi connectivity index (χ0) is 15.2. The minimum atomic E-state index is 0.209. The first kappa shape index (κ1) is 15.4. The van der Waals surface area contributed by atoms with E-state index in [1.165, 1.54) is 5.56 Å². The summed E-state index contributed by atoms with van der Waals surface area (Å²) in [5.41, 5.74) is 2.42. The highest BCUT2D eigenvalue weighted by molar-refractivity contribution is 5.45. The van der Waals surface area contributed by atoms with Crippen LogP contribution in [0, 0.1) is 6.92 Å². The highest BCUT2D eigenvalue weighted by Crippen LogP contribution is 2.21. The molecule has 4 nitrogen and oxygen atoms in total. The minimum Gasteiger partial charge on any atom is -0.362 e. The number of benzene rings is 1. The van der Waals surface area contributed by atoms with E-state index in [1.54, 1.807) is 0 Å². The van der Waals surface area contributed by atoms with E-state index >= 15 is 0 Å². The fourth-order valence-corrected chi connectivity index (χ4v) is 2.33. The normalized spacial score (nSPS) is 12.4. The Morgan fingerprint density at radius 3 is 2.52 bits per heavy atom. The van der Waals surface area contributed by atoms with Crippen molar-refractivity contribution >= 4 is 5.82 Å². The molecule has 0 bridgehead atoms. The summed E-state index contributed by atoms with van der Waals surface area (Å²) in [7, 11) is 4.17. The molecule has 21 heavy (non-hydrogen) atoms. The third-order valence-corrected chi connectivity index (χ3v) is 3.43. The molecule has 0 amide bonds. The topological polar surface area (TPSA) is 41.1 Å². The van der Waals surface area contributed by atoms with Crippen LogP contribution in [0.4, 0.5) is 5.82 Å². The molecule has 1 unspecified atom stereocenters. The van der Waals surface area contributed by atoms with Gasteiger partial charge in [0, 0.05) is 18.3 Å². The number of aromatic nitrogens is 2. The smallest absolute Gasteiger partial charge is 0.133 e. The molecule has 1 atom stereocenters. The lowest BCUT2D eigenvalue weighted by molar-refractivity contribution is 0.386. The largest absolute Gasteiger partial charge is 0.362 e. The maximum Gasteiger partial charge on any atom is 0.133 e. The van der Waals surface area contributed by atoms with Crippen molar-refractivity contribution in [2.45, 2.75) is 26.3 Å². The Hall–Kier alpha value is -1.94. The van der Waals surface area contributed by atoms with Crippen molar-refractivity contribution in [2.75, 3.05) is 26.0 Å². The number of hydrogen-bond acceptors (Lipinski definition) is 4. The van der Waals surface area contributed by atoms with Crippen molar-refractivity contribution in [2.24, 2.45) is 0 Å². The molecular weight excluding hydrogens is 260 g/mol. The number of hydrogen-bond donors (Lipinski definition) is 1. The molecule has 1 heterocycles. The predicted molar refractivity (Wildman–Crippen MR) is 87.5 cm³/mol. The van der Waals surface area contributed by atoms with Gasteiger partial charge < -0.3 is 10.2 Å². The lowest BCUT2D eigenvalue weighted by atomic mass is 10.1. The van der Waals surface area contributed by atoms with Gasteiger partial charge in [-0.15, -0.1) is 0 Å².